The number of alkyl halides is 2. The molecule has 88 valence electrons. The SMILES string of the molecule is CCOC(=O)C(F)(F)Oc1cccc(N)c1. The van der Waals surface area contributed by atoms with Crippen molar-refractivity contribution in [2.45, 2.75) is 13.0 Å². The third-order valence-corrected chi connectivity index (χ3v) is 1.62. The summed E-state index contributed by atoms with van der Waals surface area (Å²) in [6, 6.07) is 5.40. The summed E-state index contributed by atoms with van der Waals surface area (Å²) in [5.74, 6) is -1.92. The Kier molecular flexibility index (Phi) is 3.65. The molecule has 0 aromatic heterocycles. The van der Waals surface area contributed by atoms with Crippen molar-refractivity contribution in [3.05, 3.63) is 24.3 Å². The van der Waals surface area contributed by atoms with Crippen LogP contribution in [0.3, 0.4) is 0 Å². The molecule has 0 spiro atoms. The fourth-order valence-corrected chi connectivity index (χ4v) is 0.983. The first kappa shape index (κ1) is 12.2. The number of anilines is 1. The molecule has 0 saturated heterocycles. The fourth-order valence-electron chi connectivity index (χ4n) is 0.983. The second kappa shape index (κ2) is 4.78. The van der Waals surface area contributed by atoms with Gasteiger partial charge < -0.3 is 15.2 Å². The largest absolute Gasteiger partial charge is 0.502 e. The van der Waals surface area contributed by atoms with E-state index >= 15 is 0 Å². The van der Waals surface area contributed by atoms with Crippen LogP contribution < -0.4 is 10.5 Å². The molecular formula is C10H11F2NO3. The van der Waals surface area contributed by atoms with Gasteiger partial charge in [-0.05, 0) is 19.1 Å². The number of carbonyl (C=O) groups is 1. The van der Waals surface area contributed by atoms with Crippen molar-refractivity contribution in [3.8, 4) is 5.75 Å². The standard InChI is InChI=1S/C10H11F2NO3/c1-2-15-9(14)10(11,12)16-8-5-3-4-7(13)6-8/h3-6H,2,13H2,1H3. The molecule has 0 radical (unpaired) electrons. The van der Waals surface area contributed by atoms with Gasteiger partial charge in [0.2, 0.25) is 0 Å². The molecule has 0 bridgehead atoms. The highest BCUT2D eigenvalue weighted by molar-refractivity contribution is 5.76. The Morgan fingerprint density at radius 1 is 1.50 bits per heavy atom. The van der Waals surface area contributed by atoms with Crippen molar-refractivity contribution in [2.24, 2.45) is 0 Å². The zero-order chi connectivity index (χ0) is 12.2. The van der Waals surface area contributed by atoms with Gasteiger partial charge in [-0.25, -0.2) is 4.79 Å². The smallest absolute Gasteiger partial charge is 0.459 e. The first-order valence-corrected chi connectivity index (χ1v) is 4.55. The monoisotopic (exact) mass is 231 g/mol. The first-order valence-electron chi connectivity index (χ1n) is 4.55. The molecule has 0 unspecified atom stereocenters. The van der Waals surface area contributed by atoms with Crippen LogP contribution in [0.2, 0.25) is 0 Å². The van der Waals surface area contributed by atoms with Gasteiger partial charge in [0.05, 0.1) is 6.61 Å². The van der Waals surface area contributed by atoms with Gasteiger partial charge in [0, 0.05) is 11.8 Å². The molecule has 0 fully saturated rings. The Morgan fingerprint density at radius 2 is 2.19 bits per heavy atom. The Labute approximate surface area is 91.0 Å². The summed E-state index contributed by atoms with van der Waals surface area (Å²) in [6.07, 6.45) is -4.01. The van der Waals surface area contributed by atoms with Gasteiger partial charge in [0.25, 0.3) is 0 Å². The number of hydrogen-bond acceptors (Lipinski definition) is 4. The number of nitrogen functional groups attached to an aromatic ring is 1. The highest BCUT2D eigenvalue weighted by Crippen LogP contribution is 2.24. The Bertz CT molecular complexity index is 382. The predicted octanol–water partition coefficient (Wildman–Crippen LogP) is 1.80. The molecule has 0 amide bonds. The third kappa shape index (κ3) is 3.08. The Balaban J connectivity index is 2.75. The van der Waals surface area contributed by atoms with Crippen LogP contribution in [0, 0.1) is 0 Å². The number of esters is 1. The van der Waals surface area contributed by atoms with Crippen LogP contribution >= 0.6 is 0 Å². The van der Waals surface area contributed by atoms with Crippen LogP contribution in [-0.2, 0) is 9.53 Å². The van der Waals surface area contributed by atoms with Gasteiger partial charge in [-0.15, -0.1) is 0 Å². The lowest BCUT2D eigenvalue weighted by atomic mass is 10.3. The maximum absolute atomic E-state index is 13.1. The number of nitrogens with two attached hydrogens (primary N) is 1. The molecule has 16 heavy (non-hydrogen) atoms. The van der Waals surface area contributed by atoms with Crippen LogP contribution in [0.4, 0.5) is 14.5 Å². The number of ether oxygens (including phenoxy) is 2. The Morgan fingerprint density at radius 3 is 2.75 bits per heavy atom. The summed E-state index contributed by atoms with van der Waals surface area (Å²) in [7, 11) is 0. The molecule has 0 heterocycles. The van der Waals surface area contributed by atoms with E-state index in [2.05, 4.69) is 9.47 Å². The lowest BCUT2D eigenvalue weighted by Gasteiger charge is -2.15. The molecule has 1 rings (SSSR count). The van der Waals surface area contributed by atoms with Crippen LogP contribution in [-0.4, -0.2) is 18.7 Å². The highest BCUT2D eigenvalue weighted by Gasteiger charge is 2.44. The van der Waals surface area contributed by atoms with Crippen LogP contribution in [0.15, 0.2) is 24.3 Å². The number of benzene rings is 1. The molecule has 2 N–H and O–H groups in total. The number of carbonyl (C=O) groups excluding carboxylic acids is 1. The van der Waals surface area contributed by atoms with E-state index in [-0.39, 0.29) is 18.0 Å². The van der Waals surface area contributed by atoms with Gasteiger partial charge in [0.1, 0.15) is 5.75 Å². The van der Waals surface area contributed by atoms with Crippen molar-refractivity contribution in [1.82, 2.24) is 0 Å². The third-order valence-electron chi connectivity index (χ3n) is 1.62. The maximum Gasteiger partial charge on any atom is 0.502 e. The van der Waals surface area contributed by atoms with E-state index in [0.29, 0.717) is 0 Å². The normalized spacial score (nSPS) is 10.9. The van der Waals surface area contributed by atoms with Gasteiger partial charge in [-0.1, -0.05) is 6.07 Å². The van der Waals surface area contributed by atoms with E-state index in [1.165, 1.54) is 31.2 Å². The lowest BCUT2D eigenvalue weighted by molar-refractivity contribution is -0.216. The quantitative estimate of drug-likeness (QED) is 0.634. The molecule has 0 aliphatic heterocycles. The maximum atomic E-state index is 13.1. The van der Waals surface area contributed by atoms with Gasteiger partial charge >= 0.3 is 12.1 Å². The second-order valence-electron chi connectivity index (χ2n) is 2.91. The van der Waals surface area contributed by atoms with Crippen molar-refractivity contribution in [1.29, 1.82) is 0 Å². The van der Waals surface area contributed by atoms with Gasteiger partial charge in [-0.2, -0.15) is 8.78 Å². The molecular weight excluding hydrogens is 220 g/mol. The van der Waals surface area contributed by atoms with E-state index in [0.717, 1.165) is 0 Å². The minimum Gasteiger partial charge on any atom is -0.459 e. The highest BCUT2D eigenvalue weighted by atomic mass is 19.3. The van der Waals surface area contributed by atoms with Crippen LogP contribution in [0.1, 0.15) is 6.92 Å². The average Bonchev–Trinajstić information content (AvgIpc) is 2.17. The molecule has 0 aliphatic carbocycles. The van der Waals surface area contributed by atoms with E-state index in [1.54, 1.807) is 0 Å². The summed E-state index contributed by atoms with van der Waals surface area (Å²) < 4.78 is 34.5. The number of rotatable bonds is 4. The van der Waals surface area contributed by atoms with E-state index in [4.69, 9.17) is 5.73 Å². The predicted molar refractivity (Wildman–Crippen MR) is 53.1 cm³/mol. The summed E-state index contributed by atoms with van der Waals surface area (Å²) in [4.78, 5) is 10.8. The molecule has 0 atom stereocenters. The molecule has 6 heteroatoms. The van der Waals surface area contributed by atoms with E-state index < -0.39 is 12.1 Å². The van der Waals surface area contributed by atoms with Crippen LogP contribution in [0.25, 0.3) is 0 Å². The van der Waals surface area contributed by atoms with E-state index in [9.17, 15) is 13.6 Å². The number of halogens is 2. The zero-order valence-corrected chi connectivity index (χ0v) is 8.57. The van der Waals surface area contributed by atoms with Crippen molar-refractivity contribution >= 4 is 11.7 Å². The second-order valence-corrected chi connectivity index (χ2v) is 2.91. The summed E-state index contributed by atoms with van der Waals surface area (Å²) in [5.41, 5.74) is 5.63. The van der Waals surface area contributed by atoms with Crippen LogP contribution in [0.5, 0.6) is 5.75 Å². The summed E-state index contributed by atoms with van der Waals surface area (Å²) in [5, 5.41) is 0. The first-order chi connectivity index (χ1) is 7.45. The Hall–Kier alpha value is -1.85. The molecule has 4 nitrogen and oxygen atoms in total. The summed E-state index contributed by atoms with van der Waals surface area (Å²) in [6.45, 7) is 1.28. The van der Waals surface area contributed by atoms with Crippen molar-refractivity contribution < 1.29 is 23.0 Å². The van der Waals surface area contributed by atoms with Gasteiger partial charge in [0.15, 0.2) is 0 Å². The fraction of sp³-hybridized carbons (Fsp3) is 0.300. The van der Waals surface area contributed by atoms with E-state index in [1.807, 2.05) is 0 Å². The molecule has 0 aliphatic rings. The summed E-state index contributed by atoms with van der Waals surface area (Å²) >= 11 is 0. The van der Waals surface area contributed by atoms with Crippen molar-refractivity contribution in [3.63, 3.8) is 0 Å². The molecule has 1 aromatic carbocycles. The zero-order valence-electron chi connectivity index (χ0n) is 8.57. The molecule has 1 aromatic rings. The van der Waals surface area contributed by atoms with Crippen molar-refractivity contribution in [2.75, 3.05) is 12.3 Å². The lowest BCUT2D eigenvalue weighted by Crippen LogP contribution is -2.36. The minimum absolute atomic E-state index is 0.144. The number of hydrogen-bond donors (Lipinski definition) is 1. The van der Waals surface area contributed by atoms with Gasteiger partial charge in [-0.3, -0.25) is 0 Å². The minimum atomic E-state index is -4.01. The average molecular weight is 231 g/mol. The molecule has 0 saturated carbocycles. The topological polar surface area (TPSA) is 61.5 Å².